The highest BCUT2D eigenvalue weighted by molar-refractivity contribution is 7.89. The monoisotopic (exact) mass is 362 g/mol. The van der Waals surface area contributed by atoms with Crippen molar-refractivity contribution < 1.29 is 21.6 Å². The van der Waals surface area contributed by atoms with Crippen LogP contribution in [0.2, 0.25) is 0 Å². The van der Waals surface area contributed by atoms with Crippen LogP contribution in [-0.2, 0) is 24.8 Å². The molecule has 0 aliphatic carbocycles. The molecule has 1 fully saturated rings. The zero-order chi connectivity index (χ0) is 17.1. The zero-order valence-electron chi connectivity index (χ0n) is 13.3. The van der Waals surface area contributed by atoms with Crippen molar-refractivity contribution in [2.24, 2.45) is 0 Å². The Labute approximate surface area is 137 Å². The summed E-state index contributed by atoms with van der Waals surface area (Å²) in [5.74, 6) is -0.0891. The zero-order valence-corrected chi connectivity index (χ0v) is 14.9. The van der Waals surface area contributed by atoms with E-state index in [0.717, 1.165) is 5.56 Å². The Morgan fingerprint density at radius 2 is 1.48 bits per heavy atom. The summed E-state index contributed by atoms with van der Waals surface area (Å²) in [4.78, 5) is 0.235. The topological polar surface area (TPSA) is 84.0 Å². The van der Waals surface area contributed by atoms with E-state index in [9.17, 15) is 16.8 Å². The van der Waals surface area contributed by atoms with Crippen LogP contribution in [-0.4, -0.2) is 71.1 Å². The van der Waals surface area contributed by atoms with Crippen LogP contribution in [0.3, 0.4) is 0 Å². The second kappa shape index (κ2) is 7.27. The third kappa shape index (κ3) is 4.30. The summed E-state index contributed by atoms with van der Waals surface area (Å²) >= 11 is 0. The van der Waals surface area contributed by atoms with Gasteiger partial charge in [0.25, 0.3) is 0 Å². The minimum Gasteiger partial charge on any atom is -0.384 e. The van der Waals surface area contributed by atoms with Crippen molar-refractivity contribution in [2.75, 3.05) is 45.6 Å². The van der Waals surface area contributed by atoms with Gasteiger partial charge in [0.15, 0.2) is 0 Å². The van der Waals surface area contributed by atoms with E-state index in [2.05, 4.69) is 0 Å². The van der Waals surface area contributed by atoms with Crippen LogP contribution in [0.15, 0.2) is 29.2 Å². The molecule has 0 unspecified atom stereocenters. The fourth-order valence-corrected chi connectivity index (χ4v) is 5.14. The molecule has 0 bridgehead atoms. The van der Waals surface area contributed by atoms with Crippen LogP contribution in [0.1, 0.15) is 5.56 Å². The predicted molar refractivity (Wildman–Crippen MR) is 87.2 cm³/mol. The van der Waals surface area contributed by atoms with E-state index in [1.54, 1.807) is 24.3 Å². The van der Waals surface area contributed by atoms with E-state index in [0.29, 0.717) is 0 Å². The molecule has 130 valence electrons. The molecule has 9 heteroatoms. The van der Waals surface area contributed by atoms with E-state index in [1.165, 1.54) is 15.7 Å². The number of methoxy groups -OCH3 is 1. The summed E-state index contributed by atoms with van der Waals surface area (Å²) in [7, 11) is -5.53. The van der Waals surface area contributed by atoms with Crippen molar-refractivity contribution in [2.45, 2.75) is 11.8 Å². The van der Waals surface area contributed by atoms with Gasteiger partial charge in [-0.05, 0) is 19.1 Å². The number of nitrogens with zero attached hydrogens (tertiary/aromatic N) is 2. The molecule has 0 atom stereocenters. The number of rotatable bonds is 6. The third-order valence-corrected chi connectivity index (χ3v) is 7.54. The van der Waals surface area contributed by atoms with Crippen LogP contribution in [0.25, 0.3) is 0 Å². The lowest BCUT2D eigenvalue weighted by Gasteiger charge is -2.33. The van der Waals surface area contributed by atoms with Crippen LogP contribution >= 0.6 is 0 Å². The molecule has 23 heavy (non-hydrogen) atoms. The minimum absolute atomic E-state index is 0.0891. The number of sulfonamides is 2. The van der Waals surface area contributed by atoms with Gasteiger partial charge in [-0.2, -0.15) is 8.61 Å². The number of aryl methyl sites for hydroxylation is 1. The van der Waals surface area contributed by atoms with Crippen LogP contribution in [0.5, 0.6) is 0 Å². The smallest absolute Gasteiger partial charge is 0.243 e. The molecular weight excluding hydrogens is 340 g/mol. The molecule has 1 heterocycles. The molecule has 1 saturated heterocycles. The summed E-state index contributed by atoms with van der Waals surface area (Å²) in [6.45, 7) is 2.66. The van der Waals surface area contributed by atoms with E-state index >= 15 is 0 Å². The second-order valence-electron chi connectivity index (χ2n) is 5.42. The molecule has 1 aromatic carbocycles. The van der Waals surface area contributed by atoms with E-state index < -0.39 is 20.0 Å². The summed E-state index contributed by atoms with van der Waals surface area (Å²) in [6.07, 6.45) is 0. The Morgan fingerprint density at radius 3 is 2.00 bits per heavy atom. The van der Waals surface area contributed by atoms with Crippen LogP contribution in [0, 0.1) is 6.92 Å². The van der Waals surface area contributed by atoms with Gasteiger partial charge in [0.05, 0.1) is 17.3 Å². The molecule has 0 spiro atoms. The lowest BCUT2D eigenvalue weighted by molar-refractivity contribution is 0.213. The number of piperazine rings is 1. The molecule has 0 aromatic heterocycles. The van der Waals surface area contributed by atoms with Gasteiger partial charge in [0.2, 0.25) is 20.0 Å². The van der Waals surface area contributed by atoms with Crippen molar-refractivity contribution in [3.63, 3.8) is 0 Å². The Kier molecular flexibility index (Phi) is 5.79. The van der Waals surface area contributed by atoms with Gasteiger partial charge >= 0.3 is 0 Å². The van der Waals surface area contributed by atoms with Gasteiger partial charge in [-0.25, -0.2) is 16.8 Å². The van der Waals surface area contributed by atoms with Crippen molar-refractivity contribution in [3.05, 3.63) is 29.8 Å². The Morgan fingerprint density at radius 1 is 0.957 bits per heavy atom. The molecule has 1 aliphatic rings. The van der Waals surface area contributed by atoms with E-state index in [-0.39, 0.29) is 43.4 Å². The Bertz CT molecular complexity index is 721. The van der Waals surface area contributed by atoms with Gasteiger partial charge in [0, 0.05) is 33.3 Å². The highest BCUT2D eigenvalue weighted by Gasteiger charge is 2.32. The first-order valence-electron chi connectivity index (χ1n) is 7.31. The lowest BCUT2D eigenvalue weighted by atomic mass is 10.2. The van der Waals surface area contributed by atoms with Crippen molar-refractivity contribution in [1.29, 1.82) is 0 Å². The molecular formula is C14H22N2O5S2. The standard InChI is InChI=1S/C14H22N2O5S2/c1-13-3-5-14(6-4-13)23(19,20)16-9-7-15(8-10-16)22(17,18)12-11-21-2/h3-6H,7-12H2,1-2H3. The molecule has 0 amide bonds. The average Bonchev–Trinajstić information content (AvgIpc) is 2.53. The Hall–Kier alpha value is -1.00. The van der Waals surface area contributed by atoms with Crippen LogP contribution < -0.4 is 0 Å². The predicted octanol–water partition coefficient (Wildman–Crippen LogP) is 0.278. The summed E-state index contributed by atoms with van der Waals surface area (Å²) in [5.41, 5.74) is 0.984. The minimum atomic E-state index is -3.58. The Balaban J connectivity index is 2.05. The van der Waals surface area contributed by atoms with Gasteiger partial charge in [-0.3, -0.25) is 0 Å². The first-order chi connectivity index (χ1) is 10.8. The highest BCUT2D eigenvalue weighted by Crippen LogP contribution is 2.19. The summed E-state index contributed by atoms with van der Waals surface area (Å²) < 4.78 is 56.8. The normalized spacial score (nSPS) is 18.2. The van der Waals surface area contributed by atoms with Gasteiger partial charge in [-0.15, -0.1) is 0 Å². The van der Waals surface area contributed by atoms with Crippen LogP contribution in [0.4, 0.5) is 0 Å². The number of ether oxygens (including phenoxy) is 1. The molecule has 0 radical (unpaired) electrons. The first kappa shape index (κ1) is 18.3. The molecule has 7 nitrogen and oxygen atoms in total. The average molecular weight is 362 g/mol. The first-order valence-corrected chi connectivity index (χ1v) is 10.4. The molecule has 1 aliphatic heterocycles. The van der Waals surface area contributed by atoms with Crippen molar-refractivity contribution in [3.8, 4) is 0 Å². The maximum atomic E-state index is 12.6. The largest absolute Gasteiger partial charge is 0.384 e. The highest BCUT2D eigenvalue weighted by atomic mass is 32.2. The SMILES string of the molecule is COCCS(=O)(=O)N1CCN(S(=O)(=O)c2ccc(C)cc2)CC1. The number of hydrogen-bond acceptors (Lipinski definition) is 5. The van der Waals surface area contributed by atoms with Crippen molar-refractivity contribution in [1.82, 2.24) is 8.61 Å². The lowest BCUT2D eigenvalue weighted by Crippen LogP contribution is -2.51. The fraction of sp³-hybridized carbons (Fsp3) is 0.571. The van der Waals surface area contributed by atoms with Gasteiger partial charge in [-0.1, -0.05) is 17.7 Å². The summed E-state index contributed by atoms with van der Waals surface area (Å²) in [5, 5.41) is 0. The molecule has 2 rings (SSSR count). The van der Waals surface area contributed by atoms with Gasteiger partial charge in [0.1, 0.15) is 0 Å². The maximum Gasteiger partial charge on any atom is 0.243 e. The number of hydrogen-bond donors (Lipinski definition) is 0. The maximum absolute atomic E-state index is 12.6. The summed E-state index contributed by atoms with van der Waals surface area (Å²) in [6, 6.07) is 6.65. The molecule has 1 aromatic rings. The number of benzene rings is 1. The molecule has 0 saturated carbocycles. The van der Waals surface area contributed by atoms with Gasteiger partial charge < -0.3 is 4.74 Å². The molecule has 0 N–H and O–H groups in total. The van der Waals surface area contributed by atoms with Crippen molar-refractivity contribution >= 4 is 20.0 Å². The van der Waals surface area contributed by atoms with E-state index in [1.807, 2.05) is 6.92 Å². The third-order valence-electron chi connectivity index (χ3n) is 3.80. The second-order valence-corrected chi connectivity index (χ2v) is 9.45. The van der Waals surface area contributed by atoms with E-state index in [4.69, 9.17) is 4.74 Å². The quantitative estimate of drug-likeness (QED) is 0.726. The fourth-order valence-electron chi connectivity index (χ4n) is 2.37.